The van der Waals surface area contributed by atoms with Gasteiger partial charge in [-0.3, -0.25) is 0 Å². The molecule has 0 aliphatic carbocycles. The molecule has 0 amide bonds. The second kappa shape index (κ2) is 13.3. The summed E-state index contributed by atoms with van der Waals surface area (Å²) in [6, 6.07) is 31.2. The Balaban J connectivity index is 1.38. The van der Waals surface area contributed by atoms with E-state index in [0.717, 1.165) is 33.4 Å². The molecule has 0 fully saturated rings. The maximum atomic E-state index is 12.0. The molecule has 0 saturated carbocycles. The van der Waals surface area contributed by atoms with Crippen molar-refractivity contribution in [3.05, 3.63) is 121 Å². The third kappa shape index (κ3) is 7.20. The molecule has 40 heavy (non-hydrogen) atoms. The first-order valence-corrected chi connectivity index (χ1v) is 12.6. The maximum Gasteiger partial charge on any atom is 0.341 e. The molecule has 4 rings (SSSR count). The van der Waals surface area contributed by atoms with Gasteiger partial charge in [0.1, 0.15) is 11.5 Å². The van der Waals surface area contributed by atoms with E-state index in [1.54, 1.807) is 24.3 Å². The molecule has 0 heterocycles. The molecule has 0 radical (unpaired) electrons. The quantitative estimate of drug-likeness (QED) is 0.118. The molecule has 6 heteroatoms. The second-order valence-electron chi connectivity index (χ2n) is 9.06. The highest BCUT2D eigenvalue weighted by Crippen LogP contribution is 2.29. The standard InChI is InChI=1S/C34H30O6/c1-23(21-37-3)33(35)39-31-17-13-29(14-18-31)27-9-5-25(6-10-27)26-7-11-28(12-8-26)30-15-19-32(20-16-30)40-34(36)24(2)22-38-4/h5-20H,1-2,21-22H2,3-4H3. The Morgan fingerprint density at radius 2 is 0.700 bits per heavy atom. The highest BCUT2D eigenvalue weighted by Gasteiger charge is 2.11. The first-order chi connectivity index (χ1) is 19.4. The molecule has 6 nitrogen and oxygen atoms in total. The zero-order valence-electron chi connectivity index (χ0n) is 22.5. The summed E-state index contributed by atoms with van der Waals surface area (Å²) in [6.45, 7) is 7.58. The lowest BCUT2D eigenvalue weighted by Gasteiger charge is -2.09. The van der Waals surface area contributed by atoms with Crippen LogP contribution in [0.2, 0.25) is 0 Å². The van der Waals surface area contributed by atoms with Gasteiger partial charge in [0, 0.05) is 14.2 Å². The van der Waals surface area contributed by atoms with Crippen molar-refractivity contribution in [2.75, 3.05) is 27.4 Å². The summed E-state index contributed by atoms with van der Waals surface area (Å²) in [6.07, 6.45) is 0. The molecule has 4 aromatic carbocycles. The van der Waals surface area contributed by atoms with Crippen molar-refractivity contribution in [2.24, 2.45) is 0 Å². The van der Waals surface area contributed by atoms with Gasteiger partial charge in [-0.05, 0) is 57.6 Å². The Bertz CT molecular complexity index is 1370. The van der Waals surface area contributed by atoms with Crippen LogP contribution in [0.25, 0.3) is 33.4 Å². The van der Waals surface area contributed by atoms with Crippen molar-refractivity contribution >= 4 is 11.9 Å². The fraction of sp³-hybridized carbons (Fsp3) is 0.118. The average Bonchev–Trinajstić information content (AvgIpc) is 2.98. The largest absolute Gasteiger partial charge is 0.423 e. The number of hydrogen-bond donors (Lipinski definition) is 0. The van der Waals surface area contributed by atoms with Crippen LogP contribution in [0.3, 0.4) is 0 Å². The number of carbonyl (C=O) groups excluding carboxylic acids is 2. The first-order valence-electron chi connectivity index (χ1n) is 12.6. The Labute approximate surface area is 234 Å². The van der Waals surface area contributed by atoms with Crippen LogP contribution in [0.15, 0.2) is 121 Å². The van der Waals surface area contributed by atoms with Crippen LogP contribution < -0.4 is 9.47 Å². The second-order valence-corrected chi connectivity index (χ2v) is 9.06. The number of ether oxygens (including phenoxy) is 4. The lowest BCUT2D eigenvalue weighted by Crippen LogP contribution is -2.13. The van der Waals surface area contributed by atoms with Crippen LogP contribution in [-0.4, -0.2) is 39.4 Å². The summed E-state index contributed by atoms with van der Waals surface area (Å²) < 4.78 is 20.5. The molecule has 0 N–H and O–H groups in total. The average molecular weight is 535 g/mol. The predicted octanol–water partition coefficient (Wildman–Crippen LogP) is 6.90. The smallest absolute Gasteiger partial charge is 0.341 e. The van der Waals surface area contributed by atoms with Crippen molar-refractivity contribution < 1.29 is 28.5 Å². The minimum absolute atomic E-state index is 0.130. The molecule has 0 aromatic heterocycles. The SMILES string of the molecule is C=C(COC)C(=O)Oc1ccc(-c2ccc(-c3ccc(-c4ccc(OC(=O)C(=C)COC)cc4)cc3)cc2)cc1. The van der Waals surface area contributed by atoms with Gasteiger partial charge in [-0.2, -0.15) is 0 Å². The number of methoxy groups -OCH3 is 2. The molecule has 0 unspecified atom stereocenters. The van der Waals surface area contributed by atoms with Crippen LogP contribution >= 0.6 is 0 Å². The molecule has 0 spiro atoms. The molecule has 0 bridgehead atoms. The maximum absolute atomic E-state index is 12.0. The molecule has 0 atom stereocenters. The van der Waals surface area contributed by atoms with Gasteiger partial charge in [0.15, 0.2) is 0 Å². The van der Waals surface area contributed by atoms with Gasteiger partial charge in [0.05, 0.1) is 24.4 Å². The fourth-order valence-electron chi connectivity index (χ4n) is 3.97. The zero-order chi connectivity index (χ0) is 28.5. The van der Waals surface area contributed by atoms with E-state index in [4.69, 9.17) is 18.9 Å². The number of esters is 2. The Morgan fingerprint density at radius 1 is 0.475 bits per heavy atom. The first kappa shape index (κ1) is 28.2. The van der Waals surface area contributed by atoms with Crippen molar-refractivity contribution in [2.45, 2.75) is 0 Å². The molecular formula is C34H30O6. The lowest BCUT2D eigenvalue weighted by atomic mass is 9.98. The van der Waals surface area contributed by atoms with Crippen LogP contribution in [0.5, 0.6) is 11.5 Å². The van der Waals surface area contributed by atoms with Gasteiger partial charge >= 0.3 is 11.9 Å². The molecule has 0 aliphatic rings. The Hall–Kier alpha value is -4.78. The van der Waals surface area contributed by atoms with E-state index in [1.165, 1.54) is 14.2 Å². The van der Waals surface area contributed by atoms with Gasteiger partial charge < -0.3 is 18.9 Å². The van der Waals surface area contributed by atoms with Gasteiger partial charge in [-0.1, -0.05) is 86.0 Å². The molecule has 202 valence electrons. The summed E-state index contributed by atoms with van der Waals surface area (Å²) in [5.41, 5.74) is 6.83. The number of hydrogen-bond acceptors (Lipinski definition) is 6. The van der Waals surface area contributed by atoms with Gasteiger partial charge in [-0.25, -0.2) is 9.59 Å². The van der Waals surface area contributed by atoms with Crippen molar-refractivity contribution in [3.8, 4) is 44.9 Å². The molecule has 0 saturated heterocycles. The predicted molar refractivity (Wildman–Crippen MR) is 156 cm³/mol. The van der Waals surface area contributed by atoms with E-state index in [2.05, 4.69) is 61.7 Å². The van der Waals surface area contributed by atoms with E-state index >= 15 is 0 Å². The lowest BCUT2D eigenvalue weighted by molar-refractivity contribution is -0.131. The van der Waals surface area contributed by atoms with Crippen molar-refractivity contribution in [1.29, 1.82) is 0 Å². The van der Waals surface area contributed by atoms with Crippen LogP contribution in [0.4, 0.5) is 0 Å². The minimum Gasteiger partial charge on any atom is -0.423 e. The van der Waals surface area contributed by atoms with Crippen LogP contribution in [0.1, 0.15) is 0 Å². The summed E-state index contributed by atoms with van der Waals surface area (Å²) in [5, 5.41) is 0. The topological polar surface area (TPSA) is 71.1 Å². The summed E-state index contributed by atoms with van der Waals surface area (Å²) >= 11 is 0. The highest BCUT2D eigenvalue weighted by atomic mass is 16.5. The normalized spacial score (nSPS) is 10.6. The van der Waals surface area contributed by atoms with Crippen molar-refractivity contribution in [3.63, 3.8) is 0 Å². The van der Waals surface area contributed by atoms with E-state index in [9.17, 15) is 9.59 Å². The summed E-state index contributed by atoms with van der Waals surface area (Å²) in [5.74, 6) is -0.113. The Morgan fingerprint density at radius 3 is 0.925 bits per heavy atom. The van der Waals surface area contributed by atoms with E-state index in [-0.39, 0.29) is 24.4 Å². The Kier molecular flexibility index (Phi) is 9.41. The van der Waals surface area contributed by atoms with Crippen LogP contribution in [0, 0.1) is 0 Å². The number of carbonyl (C=O) groups is 2. The van der Waals surface area contributed by atoms with E-state index in [1.807, 2.05) is 24.3 Å². The third-order valence-corrected chi connectivity index (χ3v) is 6.11. The molecular weight excluding hydrogens is 504 g/mol. The van der Waals surface area contributed by atoms with E-state index in [0.29, 0.717) is 11.5 Å². The van der Waals surface area contributed by atoms with Gasteiger partial charge in [-0.15, -0.1) is 0 Å². The minimum atomic E-state index is -0.507. The molecule has 4 aromatic rings. The number of benzene rings is 4. The van der Waals surface area contributed by atoms with Crippen molar-refractivity contribution in [1.82, 2.24) is 0 Å². The highest BCUT2D eigenvalue weighted by molar-refractivity contribution is 5.90. The monoisotopic (exact) mass is 534 g/mol. The van der Waals surface area contributed by atoms with Crippen LogP contribution in [-0.2, 0) is 19.1 Å². The third-order valence-electron chi connectivity index (χ3n) is 6.11. The van der Waals surface area contributed by atoms with E-state index < -0.39 is 11.9 Å². The molecule has 0 aliphatic heterocycles. The zero-order valence-corrected chi connectivity index (χ0v) is 22.5. The number of rotatable bonds is 11. The fourth-order valence-corrected chi connectivity index (χ4v) is 3.97. The van der Waals surface area contributed by atoms with Gasteiger partial charge in [0.25, 0.3) is 0 Å². The van der Waals surface area contributed by atoms with Gasteiger partial charge in [0.2, 0.25) is 0 Å². The summed E-state index contributed by atoms with van der Waals surface area (Å²) in [7, 11) is 3.00. The summed E-state index contributed by atoms with van der Waals surface area (Å²) in [4.78, 5) is 24.0.